The summed E-state index contributed by atoms with van der Waals surface area (Å²) in [7, 11) is 4.30. The van der Waals surface area contributed by atoms with Crippen LogP contribution in [0.15, 0.2) is 63.2 Å². The zero-order valence-electron chi connectivity index (χ0n) is 12.6. The predicted molar refractivity (Wildman–Crippen MR) is 93.4 cm³/mol. The first-order valence-corrected chi connectivity index (χ1v) is 9.11. The van der Waals surface area contributed by atoms with Crippen LogP contribution in [0.4, 0.5) is 0 Å². The molecule has 21 heavy (non-hydrogen) atoms. The standard InChI is InChI=1S/C18H21NS2/c1-19(2)13-7-12-16-14-8-3-4-9-15(14)20-17-10-5-6-11-18(17)21-16/h3-6,8-11,16H,7,12-13H2,1-2H3/t16-/m0/s1. The summed E-state index contributed by atoms with van der Waals surface area (Å²) < 4.78 is 0. The lowest BCUT2D eigenvalue weighted by Crippen LogP contribution is -2.13. The van der Waals surface area contributed by atoms with Crippen molar-refractivity contribution in [1.82, 2.24) is 4.90 Å². The van der Waals surface area contributed by atoms with E-state index in [1.165, 1.54) is 33.1 Å². The molecule has 1 aliphatic rings. The van der Waals surface area contributed by atoms with Gasteiger partial charge >= 0.3 is 0 Å². The van der Waals surface area contributed by atoms with Gasteiger partial charge < -0.3 is 4.90 Å². The van der Waals surface area contributed by atoms with E-state index < -0.39 is 0 Å². The molecule has 110 valence electrons. The lowest BCUT2D eigenvalue weighted by atomic mass is 10.1. The van der Waals surface area contributed by atoms with Gasteiger partial charge in [-0.25, -0.2) is 0 Å². The number of nitrogens with zero attached hydrogens (tertiary/aromatic N) is 1. The Bertz CT molecular complexity index is 610. The van der Waals surface area contributed by atoms with E-state index in [0.717, 1.165) is 6.54 Å². The quantitative estimate of drug-likeness (QED) is 0.751. The highest BCUT2D eigenvalue weighted by Crippen LogP contribution is 2.50. The maximum Gasteiger partial charge on any atom is 0.0356 e. The fourth-order valence-corrected chi connectivity index (χ4v) is 5.25. The van der Waals surface area contributed by atoms with Crippen LogP contribution in [0.25, 0.3) is 0 Å². The number of rotatable bonds is 4. The third kappa shape index (κ3) is 3.65. The molecule has 0 bridgehead atoms. The van der Waals surface area contributed by atoms with Crippen molar-refractivity contribution >= 4 is 23.5 Å². The van der Waals surface area contributed by atoms with Gasteiger partial charge in [0, 0.05) is 19.9 Å². The molecule has 0 amide bonds. The summed E-state index contributed by atoms with van der Waals surface area (Å²) in [5.41, 5.74) is 1.50. The van der Waals surface area contributed by atoms with Crippen LogP contribution in [0.3, 0.4) is 0 Å². The van der Waals surface area contributed by atoms with Gasteiger partial charge in [-0.1, -0.05) is 42.1 Å². The first-order valence-electron chi connectivity index (χ1n) is 7.41. The van der Waals surface area contributed by atoms with E-state index in [2.05, 4.69) is 67.5 Å². The third-order valence-corrected chi connectivity index (χ3v) is 6.36. The largest absolute Gasteiger partial charge is 0.309 e. The number of hydrogen-bond donors (Lipinski definition) is 0. The minimum atomic E-state index is 0.567. The minimum absolute atomic E-state index is 0.567. The number of hydrogen-bond acceptors (Lipinski definition) is 3. The van der Waals surface area contributed by atoms with Crippen molar-refractivity contribution in [2.24, 2.45) is 0 Å². The van der Waals surface area contributed by atoms with Crippen molar-refractivity contribution < 1.29 is 0 Å². The summed E-state index contributed by atoms with van der Waals surface area (Å²) in [6.07, 6.45) is 2.47. The van der Waals surface area contributed by atoms with Crippen LogP contribution < -0.4 is 0 Å². The van der Waals surface area contributed by atoms with Gasteiger partial charge in [0.1, 0.15) is 0 Å². The highest BCUT2D eigenvalue weighted by atomic mass is 32.2. The van der Waals surface area contributed by atoms with Crippen molar-refractivity contribution in [3.63, 3.8) is 0 Å². The first-order chi connectivity index (χ1) is 10.2. The maximum absolute atomic E-state index is 2.31. The van der Waals surface area contributed by atoms with Gasteiger partial charge in [-0.2, -0.15) is 0 Å². The van der Waals surface area contributed by atoms with Crippen LogP contribution in [-0.2, 0) is 0 Å². The molecule has 1 heterocycles. The fourth-order valence-electron chi connectivity index (χ4n) is 2.61. The van der Waals surface area contributed by atoms with Gasteiger partial charge in [-0.15, -0.1) is 11.8 Å². The van der Waals surface area contributed by atoms with Gasteiger partial charge in [-0.05, 0) is 57.2 Å². The molecule has 0 N–H and O–H groups in total. The van der Waals surface area contributed by atoms with Gasteiger partial charge in [0.05, 0.1) is 0 Å². The van der Waals surface area contributed by atoms with Crippen LogP contribution >= 0.6 is 23.5 Å². The molecule has 0 unspecified atom stereocenters. The number of benzene rings is 2. The smallest absolute Gasteiger partial charge is 0.0356 e. The average Bonchev–Trinajstić information content (AvgIpc) is 2.63. The maximum atomic E-state index is 2.31. The molecule has 0 saturated carbocycles. The Labute approximate surface area is 136 Å². The molecule has 0 spiro atoms. The molecule has 2 aromatic carbocycles. The SMILES string of the molecule is CN(C)CCC[C@@H]1Sc2ccccc2Sc2ccccc21. The molecule has 2 aromatic rings. The highest BCUT2D eigenvalue weighted by molar-refractivity contribution is 8.03. The second-order valence-electron chi connectivity index (χ2n) is 5.64. The Morgan fingerprint density at radius 1 is 0.905 bits per heavy atom. The molecule has 0 fully saturated rings. The molecule has 3 rings (SSSR count). The Kier molecular flexibility index (Phi) is 4.94. The van der Waals surface area contributed by atoms with Gasteiger partial charge in [0.2, 0.25) is 0 Å². The first kappa shape index (κ1) is 15.0. The molecule has 0 aromatic heterocycles. The molecule has 0 radical (unpaired) electrons. The van der Waals surface area contributed by atoms with Crippen molar-refractivity contribution in [2.45, 2.75) is 32.8 Å². The number of thioether (sulfide) groups is 1. The highest BCUT2D eigenvalue weighted by Gasteiger charge is 2.22. The van der Waals surface area contributed by atoms with Gasteiger partial charge in [-0.3, -0.25) is 0 Å². The fraction of sp³-hybridized carbons (Fsp3) is 0.333. The van der Waals surface area contributed by atoms with E-state index in [0.29, 0.717) is 5.25 Å². The van der Waals surface area contributed by atoms with Crippen molar-refractivity contribution in [3.05, 3.63) is 54.1 Å². The summed E-state index contributed by atoms with van der Waals surface area (Å²) in [5, 5.41) is 0.567. The zero-order valence-corrected chi connectivity index (χ0v) is 14.2. The van der Waals surface area contributed by atoms with Crippen LogP contribution in [0.1, 0.15) is 23.7 Å². The van der Waals surface area contributed by atoms with Crippen LogP contribution in [0.2, 0.25) is 0 Å². The summed E-state index contributed by atoms with van der Waals surface area (Å²) in [4.78, 5) is 6.51. The van der Waals surface area contributed by atoms with Crippen molar-refractivity contribution in [1.29, 1.82) is 0 Å². The molecule has 3 heteroatoms. The third-order valence-electron chi connectivity index (χ3n) is 3.68. The Balaban J connectivity index is 1.88. The average molecular weight is 316 g/mol. The van der Waals surface area contributed by atoms with Crippen LogP contribution in [0.5, 0.6) is 0 Å². The normalized spacial score (nSPS) is 17.2. The zero-order chi connectivity index (χ0) is 14.7. The lowest BCUT2D eigenvalue weighted by molar-refractivity contribution is 0.393. The number of fused-ring (bicyclic) bond motifs is 2. The minimum Gasteiger partial charge on any atom is -0.309 e. The van der Waals surface area contributed by atoms with E-state index >= 15 is 0 Å². The van der Waals surface area contributed by atoms with E-state index in [4.69, 9.17) is 0 Å². The molecule has 1 nitrogen and oxygen atoms in total. The van der Waals surface area contributed by atoms with Crippen LogP contribution in [0, 0.1) is 0 Å². The summed E-state index contributed by atoms with van der Waals surface area (Å²) in [6, 6.07) is 17.7. The molecular weight excluding hydrogens is 294 g/mol. The Morgan fingerprint density at radius 2 is 1.57 bits per heavy atom. The van der Waals surface area contributed by atoms with E-state index in [9.17, 15) is 0 Å². The molecular formula is C18H21NS2. The molecule has 0 saturated heterocycles. The van der Waals surface area contributed by atoms with Crippen molar-refractivity contribution in [3.8, 4) is 0 Å². The molecule has 0 aliphatic carbocycles. The molecule has 1 aliphatic heterocycles. The topological polar surface area (TPSA) is 3.24 Å². The van der Waals surface area contributed by atoms with Crippen LogP contribution in [-0.4, -0.2) is 25.5 Å². The van der Waals surface area contributed by atoms with E-state index in [1.54, 1.807) is 0 Å². The van der Waals surface area contributed by atoms with Gasteiger partial charge in [0.15, 0.2) is 0 Å². The second-order valence-corrected chi connectivity index (χ2v) is 7.97. The summed E-state index contributed by atoms with van der Waals surface area (Å²) in [5.74, 6) is 0. The van der Waals surface area contributed by atoms with E-state index in [-0.39, 0.29) is 0 Å². The predicted octanol–water partition coefficient (Wildman–Crippen LogP) is 5.33. The van der Waals surface area contributed by atoms with E-state index in [1.807, 2.05) is 23.5 Å². The summed E-state index contributed by atoms with van der Waals surface area (Å²) in [6.45, 7) is 1.16. The second kappa shape index (κ2) is 6.91. The monoisotopic (exact) mass is 315 g/mol. The summed E-state index contributed by atoms with van der Waals surface area (Å²) >= 11 is 3.95. The van der Waals surface area contributed by atoms with Crippen molar-refractivity contribution in [2.75, 3.05) is 20.6 Å². The lowest BCUT2D eigenvalue weighted by Gasteiger charge is -2.18. The molecule has 1 atom stereocenters. The Morgan fingerprint density at radius 3 is 2.33 bits per heavy atom. The van der Waals surface area contributed by atoms with Gasteiger partial charge in [0.25, 0.3) is 0 Å². The Hall–Kier alpha value is -0.900.